The topological polar surface area (TPSA) is 57.6 Å². The minimum atomic E-state index is -0.959. The molecule has 5 heteroatoms. The lowest BCUT2D eigenvalue weighted by Crippen LogP contribution is -2.29. The zero-order chi connectivity index (χ0) is 15.5. The van der Waals surface area contributed by atoms with Crippen LogP contribution in [0.4, 0.5) is 0 Å². The van der Waals surface area contributed by atoms with Gasteiger partial charge in [-0.05, 0) is 41.3 Å². The number of rotatable bonds is 4. The van der Waals surface area contributed by atoms with E-state index in [4.69, 9.17) is 5.11 Å². The molecule has 0 aliphatic carbocycles. The van der Waals surface area contributed by atoms with Crippen LogP contribution in [0.1, 0.15) is 43.6 Å². The van der Waals surface area contributed by atoms with E-state index in [0.717, 1.165) is 35.9 Å². The van der Waals surface area contributed by atoms with Gasteiger partial charge in [-0.25, -0.2) is 4.79 Å². The summed E-state index contributed by atoms with van der Waals surface area (Å²) in [7, 11) is 0. The fourth-order valence-electron chi connectivity index (χ4n) is 2.42. The minimum Gasteiger partial charge on any atom is -0.478 e. The molecule has 2 rings (SSSR count). The van der Waals surface area contributed by atoms with Crippen molar-refractivity contribution in [3.8, 4) is 0 Å². The summed E-state index contributed by atoms with van der Waals surface area (Å²) in [6.45, 7) is 5.75. The molecule has 1 N–H and O–H groups in total. The molecule has 0 radical (unpaired) electrons. The van der Waals surface area contributed by atoms with Crippen LogP contribution in [0.25, 0.3) is 6.08 Å². The van der Waals surface area contributed by atoms with Crippen LogP contribution in [0.5, 0.6) is 0 Å². The van der Waals surface area contributed by atoms with Gasteiger partial charge in [0.15, 0.2) is 0 Å². The van der Waals surface area contributed by atoms with Crippen molar-refractivity contribution >= 4 is 29.3 Å². The van der Waals surface area contributed by atoms with Crippen LogP contribution in [0.15, 0.2) is 17.5 Å². The summed E-state index contributed by atoms with van der Waals surface area (Å²) < 4.78 is 0. The number of carboxylic acid groups (broad SMARTS) is 1. The molecule has 1 fully saturated rings. The number of carbonyl (C=O) groups is 2. The summed E-state index contributed by atoms with van der Waals surface area (Å²) in [5.41, 5.74) is 1.10. The molecule has 1 saturated heterocycles. The van der Waals surface area contributed by atoms with Crippen LogP contribution in [0.3, 0.4) is 0 Å². The Balaban J connectivity index is 2.09. The van der Waals surface area contributed by atoms with Crippen molar-refractivity contribution in [2.75, 3.05) is 6.54 Å². The summed E-state index contributed by atoms with van der Waals surface area (Å²) in [4.78, 5) is 25.8. The maximum Gasteiger partial charge on any atom is 0.328 e. The first-order valence-corrected chi connectivity index (χ1v) is 8.00. The van der Waals surface area contributed by atoms with Gasteiger partial charge in [0.25, 0.3) is 0 Å². The summed E-state index contributed by atoms with van der Waals surface area (Å²) in [5, 5.41) is 10.6. The number of likely N-dealkylation sites (tertiary alicyclic amines) is 1. The summed E-state index contributed by atoms with van der Waals surface area (Å²) >= 11 is 1.57. The molecule has 0 bridgehead atoms. The molecule has 1 aromatic rings. The van der Waals surface area contributed by atoms with Crippen molar-refractivity contribution in [2.45, 2.75) is 39.7 Å². The molecule has 0 spiro atoms. The van der Waals surface area contributed by atoms with Gasteiger partial charge in [-0.3, -0.25) is 4.79 Å². The standard InChI is InChI=1S/C16H21NO3S/c1-16(2)7-5-14(18)17(9-8-16)11-13-12(6-10-21-13)3-4-15(19)20/h3-4,6,10H,5,7-9,11H2,1-2H3,(H,19,20). The second kappa shape index (κ2) is 6.43. The quantitative estimate of drug-likeness (QED) is 0.868. The van der Waals surface area contributed by atoms with E-state index in [2.05, 4.69) is 13.8 Å². The highest BCUT2D eigenvalue weighted by Crippen LogP contribution is 2.31. The van der Waals surface area contributed by atoms with Gasteiger partial charge in [-0.2, -0.15) is 0 Å². The largest absolute Gasteiger partial charge is 0.478 e. The number of thiophene rings is 1. The van der Waals surface area contributed by atoms with Crippen LogP contribution in [0.2, 0.25) is 0 Å². The molecular formula is C16H21NO3S. The summed E-state index contributed by atoms with van der Waals surface area (Å²) in [5.74, 6) is -0.762. The number of carboxylic acids is 1. The zero-order valence-electron chi connectivity index (χ0n) is 12.5. The Kier molecular flexibility index (Phi) is 4.83. The second-order valence-corrected chi connectivity index (χ2v) is 7.20. The Morgan fingerprint density at radius 3 is 2.95 bits per heavy atom. The monoisotopic (exact) mass is 307 g/mol. The first-order valence-electron chi connectivity index (χ1n) is 7.12. The average Bonchev–Trinajstić information content (AvgIpc) is 2.80. The van der Waals surface area contributed by atoms with Gasteiger partial charge in [0, 0.05) is 23.9 Å². The van der Waals surface area contributed by atoms with E-state index in [1.165, 1.54) is 0 Å². The van der Waals surface area contributed by atoms with Gasteiger partial charge < -0.3 is 10.0 Å². The lowest BCUT2D eigenvalue weighted by Gasteiger charge is -2.23. The van der Waals surface area contributed by atoms with E-state index in [0.29, 0.717) is 13.0 Å². The van der Waals surface area contributed by atoms with Crippen LogP contribution in [0, 0.1) is 5.41 Å². The number of carbonyl (C=O) groups excluding carboxylic acids is 1. The summed E-state index contributed by atoms with van der Waals surface area (Å²) in [6, 6.07) is 1.89. The highest BCUT2D eigenvalue weighted by atomic mass is 32.1. The van der Waals surface area contributed by atoms with Gasteiger partial charge in [0.2, 0.25) is 5.91 Å². The first kappa shape index (κ1) is 15.8. The number of hydrogen-bond donors (Lipinski definition) is 1. The lowest BCUT2D eigenvalue weighted by atomic mass is 9.85. The maximum absolute atomic E-state index is 12.2. The summed E-state index contributed by atoms with van der Waals surface area (Å²) in [6.07, 6.45) is 5.26. The Morgan fingerprint density at radius 1 is 1.48 bits per heavy atom. The highest BCUT2D eigenvalue weighted by molar-refractivity contribution is 7.10. The number of nitrogens with zero attached hydrogens (tertiary/aromatic N) is 1. The van der Waals surface area contributed by atoms with Gasteiger partial charge in [-0.1, -0.05) is 13.8 Å². The van der Waals surface area contributed by atoms with Gasteiger partial charge >= 0.3 is 5.97 Å². The van der Waals surface area contributed by atoms with E-state index < -0.39 is 5.97 Å². The molecule has 0 aromatic carbocycles. The van der Waals surface area contributed by atoms with Crippen molar-refractivity contribution in [1.29, 1.82) is 0 Å². The zero-order valence-corrected chi connectivity index (χ0v) is 13.3. The number of amides is 1. The molecule has 1 aromatic heterocycles. The van der Waals surface area contributed by atoms with E-state index >= 15 is 0 Å². The van der Waals surface area contributed by atoms with Gasteiger partial charge in [0.05, 0.1) is 6.54 Å². The van der Waals surface area contributed by atoms with Gasteiger partial charge in [-0.15, -0.1) is 11.3 Å². The Hall–Kier alpha value is -1.62. The van der Waals surface area contributed by atoms with E-state index in [1.807, 2.05) is 16.3 Å². The predicted octanol–water partition coefficient (Wildman–Crippen LogP) is 3.38. The predicted molar refractivity (Wildman–Crippen MR) is 84.0 cm³/mol. The molecule has 21 heavy (non-hydrogen) atoms. The van der Waals surface area contributed by atoms with Crippen molar-refractivity contribution < 1.29 is 14.7 Å². The lowest BCUT2D eigenvalue weighted by molar-refractivity contribution is -0.132. The van der Waals surface area contributed by atoms with Gasteiger partial charge in [0.1, 0.15) is 0 Å². The normalized spacial score (nSPS) is 19.0. The SMILES string of the molecule is CC1(C)CCC(=O)N(Cc2sccc2C=CC(=O)O)CC1. The number of aliphatic carboxylic acids is 1. The fraction of sp³-hybridized carbons (Fsp3) is 0.500. The second-order valence-electron chi connectivity index (χ2n) is 6.20. The average molecular weight is 307 g/mol. The van der Waals surface area contributed by atoms with E-state index in [-0.39, 0.29) is 11.3 Å². The third-order valence-electron chi connectivity index (χ3n) is 3.95. The molecular weight excluding hydrogens is 286 g/mol. The Labute approximate surface area is 129 Å². The molecule has 114 valence electrons. The van der Waals surface area contributed by atoms with Crippen LogP contribution < -0.4 is 0 Å². The van der Waals surface area contributed by atoms with Crippen LogP contribution >= 0.6 is 11.3 Å². The Bertz CT molecular complexity index is 560. The van der Waals surface area contributed by atoms with E-state index in [9.17, 15) is 9.59 Å². The fourth-order valence-corrected chi connectivity index (χ4v) is 3.30. The van der Waals surface area contributed by atoms with E-state index in [1.54, 1.807) is 17.4 Å². The highest BCUT2D eigenvalue weighted by Gasteiger charge is 2.27. The molecule has 1 amide bonds. The first-order chi connectivity index (χ1) is 9.87. The van der Waals surface area contributed by atoms with Crippen molar-refractivity contribution in [3.63, 3.8) is 0 Å². The number of hydrogen-bond acceptors (Lipinski definition) is 3. The molecule has 0 unspecified atom stereocenters. The van der Waals surface area contributed by atoms with Crippen molar-refractivity contribution in [2.24, 2.45) is 5.41 Å². The van der Waals surface area contributed by atoms with Crippen LogP contribution in [-0.4, -0.2) is 28.4 Å². The third-order valence-corrected chi connectivity index (χ3v) is 4.87. The third kappa shape index (κ3) is 4.43. The molecule has 0 atom stereocenters. The van der Waals surface area contributed by atoms with Crippen LogP contribution in [-0.2, 0) is 16.1 Å². The molecule has 0 saturated carbocycles. The maximum atomic E-state index is 12.2. The van der Waals surface area contributed by atoms with Crippen molar-refractivity contribution in [3.05, 3.63) is 28.0 Å². The smallest absolute Gasteiger partial charge is 0.328 e. The molecule has 1 aliphatic heterocycles. The minimum absolute atomic E-state index is 0.196. The Morgan fingerprint density at radius 2 is 2.24 bits per heavy atom. The molecule has 2 heterocycles. The molecule has 1 aliphatic rings. The van der Waals surface area contributed by atoms with Crippen molar-refractivity contribution in [1.82, 2.24) is 4.90 Å². The molecule has 4 nitrogen and oxygen atoms in total.